The van der Waals surface area contributed by atoms with E-state index < -0.39 is 8.96 Å². The van der Waals surface area contributed by atoms with Crippen LogP contribution in [0.1, 0.15) is 0 Å². The molecule has 0 aliphatic rings. The van der Waals surface area contributed by atoms with Crippen LogP contribution in [0.3, 0.4) is 0 Å². The maximum absolute atomic E-state index is 5.24. The van der Waals surface area contributed by atoms with Crippen LogP contribution < -0.4 is 10.7 Å². The largest absolute Gasteiger partial charge is 0.339 e. The Labute approximate surface area is 46.8 Å². The van der Waals surface area contributed by atoms with Crippen LogP contribution in [0, 0.1) is 0 Å². The van der Waals surface area contributed by atoms with Gasteiger partial charge >= 0.3 is 0 Å². The Morgan fingerprint density at radius 2 is 2.14 bits per heavy atom. The van der Waals surface area contributed by atoms with Gasteiger partial charge in [-0.25, -0.2) is 0 Å². The summed E-state index contributed by atoms with van der Waals surface area (Å²) in [6, 6.07) is 0. The fraction of sp³-hybridized carbons (Fsp3) is 1.00. The Balaban J connectivity index is 2.68. The first-order valence-corrected chi connectivity index (χ1v) is 5.59. The molecule has 0 saturated carbocycles. The molecule has 0 aliphatic heterocycles. The van der Waals surface area contributed by atoms with Gasteiger partial charge in [0.1, 0.15) is 8.96 Å². The highest BCUT2D eigenvalue weighted by Crippen LogP contribution is 1.66. The van der Waals surface area contributed by atoms with Crippen molar-refractivity contribution in [2.45, 2.75) is 13.1 Å². The summed E-state index contributed by atoms with van der Waals surface area (Å²) in [6.45, 7) is 6.25. The summed E-state index contributed by atoms with van der Waals surface area (Å²) in [7, 11) is -0.518. The van der Waals surface area contributed by atoms with Gasteiger partial charge in [-0.1, -0.05) is 13.1 Å². The van der Waals surface area contributed by atoms with E-state index in [4.69, 9.17) is 5.73 Å². The van der Waals surface area contributed by atoms with Gasteiger partial charge in [-0.2, -0.15) is 0 Å². The standard InChI is InChI=1S/C4H14N2Si/c1-7(2)6-4-3-5/h6-7H,3-5H2,1-2H3. The van der Waals surface area contributed by atoms with Crippen LogP contribution >= 0.6 is 0 Å². The van der Waals surface area contributed by atoms with E-state index in [2.05, 4.69) is 18.1 Å². The van der Waals surface area contributed by atoms with E-state index in [0.29, 0.717) is 0 Å². The van der Waals surface area contributed by atoms with Crippen molar-refractivity contribution in [1.82, 2.24) is 4.98 Å². The Morgan fingerprint density at radius 3 is 2.29 bits per heavy atom. The van der Waals surface area contributed by atoms with E-state index in [0.717, 1.165) is 13.1 Å². The topological polar surface area (TPSA) is 38.0 Å². The summed E-state index contributed by atoms with van der Waals surface area (Å²) in [5, 5.41) is 0. The molecule has 0 unspecified atom stereocenters. The summed E-state index contributed by atoms with van der Waals surface area (Å²) in [5.41, 5.74) is 5.24. The van der Waals surface area contributed by atoms with Crippen LogP contribution in [0.15, 0.2) is 0 Å². The molecule has 0 bridgehead atoms. The van der Waals surface area contributed by atoms with Crippen molar-refractivity contribution in [3.8, 4) is 0 Å². The van der Waals surface area contributed by atoms with Gasteiger partial charge in [0.25, 0.3) is 0 Å². The Bertz CT molecular complexity index is 38.7. The summed E-state index contributed by atoms with van der Waals surface area (Å²) in [4.78, 5) is 3.31. The molecular formula is C4H14N2Si. The van der Waals surface area contributed by atoms with Gasteiger partial charge in [-0.3, -0.25) is 0 Å². The van der Waals surface area contributed by atoms with Gasteiger partial charge in [0.15, 0.2) is 0 Å². The normalized spacial score (nSPS) is 10.3. The molecule has 0 spiro atoms. The first-order valence-electron chi connectivity index (χ1n) is 2.71. The van der Waals surface area contributed by atoms with E-state index in [1.807, 2.05) is 0 Å². The lowest BCUT2D eigenvalue weighted by molar-refractivity contribution is 0.890. The molecule has 0 aromatic rings. The first-order chi connectivity index (χ1) is 3.27. The highest BCUT2D eigenvalue weighted by Gasteiger charge is 1.88. The van der Waals surface area contributed by atoms with E-state index in [1.165, 1.54) is 0 Å². The van der Waals surface area contributed by atoms with Crippen molar-refractivity contribution in [1.29, 1.82) is 0 Å². The monoisotopic (exact) mass is 118 g/mol. The molecule has 0 radical (unpaired) electrons. The highest BCUT2D eigenvalue weighted by atomic mass is 28.3. The summed E-state index contributed by atoms with van der Waals surface area (Å²) >= 11 is 0. The molecule has 0 aromatic heterocycles. The zero-order valence-electron chi connectivity index (χ0n) is 5.07. The molecular weight excluding hydrogens is 104 g/mol. The predicted molar refractivity (Wildman–Crippen MR) is 35.9 cm³/mol. The number of nitrogens with two attached hydrogens (primary N) is 1. The van der Waals surface area contributed by atoms with Crippen molar-refractivity contribution in [2.75, 3.05) is 13.1 Å². The van der Waals surface area contributed by atoms with Gasteiger partial charge in [0, 0.05) is 13.1 Å². The minimum Gasteiger partial charge on any atom is -0.339 e. The zero-order chi connectivity index (χ0) is 5.70. The highest BCUT2D eigenvalue weighted by molar-refractivity contribution is 6.52. The van der Waals surface area contributed by atoms with Crippen LogP contribution in [-0.4, -0.2) is 22.0 Å². The SMILES string of the molecule is C[SiH](C)NCCN. The summed E-state index contributed by atoms with van der Waals surface area (Å²) < 4.78 is 0. The van der Waals surface area contributed by atoms with Crippen molar-refractivity contribution in [3.05, 3.63) is 0 Å². The van der Waals surface area contributed by atoms with Crippen molar-refractivity contribution in [3.63, 3.8) is 0 Å². The van der Waals surface area contributed by atoms with Crippen LogP contribution in [0.25, 0.3) is 0 Å². The lowest BCUT2D eigenvalue weighted by Gasteiger charge is -2.01. The second-order valence-corrected chi connectivity index (χ2v) is 4.62. The van der Waals surface area contributed by atoms with E-state index >= 15 is 0 Å². The van der Waals surface area contributed by atoms with Crippen LogP contribution in [-0.2, 0) is 0 Å². The maximum atomic E-state index is 5.24. The van der Waals surface area contributed by atoms with E-state index in [-0.39, 0.29) is 0 Å². The zero-order valence-corrected chi connectivity index (χ0v) is 6.22. The third kappa shape index (κ3) is 6.14. The number of hydrogen-bond donors (Lipinski definition) is 2. The second kappa shape index (κ2) is 4.30. The summed E-state index contributed by atoms with van der Waals surface area (Å²) in [6.07, 6.45) is 0. The number of hydrogen-bond acceptors (Lipinski definition) is 2. The molecule has 0 saturated heterocycles. The van der Waals surface area contributed by atoms with E-state index in [9.17, 15) is 0 Å². The molecule has 0 aromatic carbocycles. The minimum absolute atomic E-state index is 0.518. The lowest BCUT2D eigenvalue weighted by Crippen LogP contribution is -2.31. The molecule has 0 atom stereocenters. The second-order valence-electron chi connectivity index (χ2n) is 1.90. The smallest absolute Gasteiger partial charge is 0.102 e. The summed E-state index contributed by atoms with van der Waals surface area (Å²) in [5.74, 6) is 0. The fourth-order valence-electron chi connectivity index (χ4n) is 0.372. The average molecular weight is 118 g/mol. The van der Waals surface area contributed by atoms with Crippen LogP contribution in [0.5, 0.6) is 0 Å². The molecule has 7 heavy (non-hydrogen) atoms. The lowest BCUT2D eigenvalue weighted by atomic mass is 10.7. The number of rotatable bonds is 3. The Kier molecular flexibility index (Phi) is 4.38. The van der Waals surface area contributed by atoms with Crippen LogP contribution in [0.2, 0.25) is 13.1 Å². The van der Waals surface area contributed by atoms with Gasteiger partial charge in [0.05, 0.1) is 0 Å². The third-order valence-corrected chi connectivity index (χ3v) is 1.80. The van der Waals surface area contributed by atoms with Gasteiger partial charge in [-0.15, -0.1) is 0 Å². The van der Waals surface area contributed by atoms with Crippen molar-refractivity contribution in [2.24, 2.45) is 5.73 Å². The Hall–Kier alpha value is 0.137. The maximum Gasteiger partial charge on any atom is 0.102 e. The first kappa shape index (κ1) is 7.14. The molecule has 44 valence electrons. The Morgan fingerprint density at radius 1 is 1.57 bits per heavy atom. The molecule has 3 N–H and O–H groups in total. The van der Waals surface area contributed by atoms with E-state index in [1.54, 1.807) is 0 Å². The average Bonchev–Trinajstić information content (AvgIpc) is 1.61. The van der Waals surface area contributed by atoms with Crippen molar-refractivity contribution < 1.29 is 0 Å². The molecule has 0 aliphatic carbocycles. The molecule has 0 fully saturated rings. The van der Waals surface area contributed by atoms with Crippen molar-refractivity contribution >= 4 is 8.96 Å². The fourth-order valence-corrected chi connectivity index (χ4v) is 1.12. The van der Waals surface area contributed by atoms with Gasteiger partial charge in [-0.05, 0) is 0 Å². The molecule has 0 heterocycles. The predicted octanol–water partition coefficient (Wildman–Crippen LogP) is -0.482. The van der Waals surface area contributed by atoms with Crippen LogP contribution in [0.4, 0.5) is 0 Å². The molecule has 0 amide bonds. The molecule has 2 nitrogen and oxygen atoms in total. The number of nitrogens with one attached hydrogen (secondary N) is 1. The molecule has 3 heteroatoms. The quantitative estimate of drug-likeness (QED) is 0.491. The van der Waals surface area contributed by atoms with Gasteiger partial charge < -0.3 is 10.7 Å². The minimum atomic E-state index is -0.518. The third-order valence-electron chi connectivity index (χ3n) is 0.697. The van der Waals surface area contributed by atoms with Gasteiger partial charge in [0.2, 0.25) is 0 Å². The molecule has 0 rings (SSSR count).